The van der Waals surface area contributed by atoms with E-state index in [4.69, 9.17) is 0 Å². The van der Waals surface area contributed by atoms with E-state index in [2.05, 4.69) is 16.7 Å². The molecule has 0 aliphatic carbocycles. The number of hydrogen-bond acceptors (Lipinski definition) is 4. The molecule has 150 valence electrons. The van der Waals surface area contributed by atoms with Crippen molar-refractivity contribution in [2.24, 2.45) is 0 Å². The number of amides is 2. The standard InChI is InChI=1S/C24H27N3O2/c1-4-25-13-15-26(16-14-25)22-21(19-9-5-17(2)6-10-19)23(28)27(24(22)29)20-11-7-18(3)8-12-20/h5-12H,4,13-16H2,1-3H3. The van der Waals surface area contributed by atoms with E-state index in [1.807, 2.05) is 62.4 Å². The summed E-state index contributed by atoms with van der Waals surface area (Å²) < 4.78 is 0. The van der Waals surface area contributed by atoms with Crippen LogP contribution in [-0.4, -0.2) is 54.3 Å². The Hall–Kier alpha value is -2.92. The minimum absolute atomic E-state index is 0.223. The fourth-order valence-electron chi connectivity index (χ4n) is 4.01. The second-order valence-corrected chi connectivity index (χ2v) is 7.79. The third-order valence-electron chi connectivity index (χ3n) is 5.83. The minimum atomic E-state index is -0.240. The van der Waals surface area contributed by atoms with E-state index < -0.39 is 0 Å². The quantitative estimate of drug-likeness (QED) is 0.753. The summed E-state index contributed by atoms with van der Waals surface area (Å²) in [6, 6.07) is 15.4. The largest absolute Gasteiger partial charge is 0.364 e. The van der Waals surface area contributed by atoms with Gasteiger partial charge in [0, 0.05) is 26.2 Å². The zero-order valence-corrected chi connectivity index (χ0v) is 17.3. The van der Waals surface area contributed by atoms with Crippen LogP contribution in [0.2, 0.25) is 0 Å². The van der Waals surface area contributed by atoms with Crippen LogP contribution in [0.4, 0.5) is 5.69 Å². The first-order valence-electron chi connectivity index (χ1n) is 10.2. The first kappa shape index (κ1) is 19.4. The number of imide groups is 1. The molecule has 0 bridgehead atoms. The van der Waals surface area contributed by atoms with E-state index in [1.165, 1.54) is 4.90 Å². The fourth-order valence-corrected chi connectivity index (χ4v) is 4.01. The minimum Gasteiger partial charge on any atom is -0.364 e. The van der Waals surface area contributed by atoms with Crippen LogP contribution in [0.1, 0.15) is 23.6 Å². The van der Waals surface area contributed by atoms with Gasteiger partial charge in [-0.25, -0.2) is 4.90 Å². The van der Waals surface area contributed by atoms with E-state index in [-0.39, 0.29) is 11.8 Å². The molecule has 0 radical (unpaired) electrons. The van der Waals surface area contributed by atoms with Crippen LogP contribution in [0.3, 0.4) is 0 Å². The second-order valence-electron chi connectivity index (χ2n) is 7.79. The van der Waals surface area contributed by atoms with Crippen molar-refractivity contribution in [3.05, 3.63) is 70.9 Å². The van der Waals surface area contributed by atoms with Gasteiger partial charge in [-0.15, -0.1) is 0 Å². The number of piperazine rings is 1. The molecule has 2 aromatic carbocycles. The monoisotopic (exact) mass is 389 g/mol. The van der Waals surface area contributed by atoms with Gasteiger partial charge in [0.2, 0.25) is 0 Å². The molecule has 2 aromatic rings. The van der Waals surface area contributed by atoms with Gasteiger partial charge in [-0.2, -0.15) is 0 Å². The molecule has 0 unspecified atom stereocenters. The molecule has 0 aromatic heterocycles. The third-order valence-corrected chi connectivity index (χ3v) is 5.83. The zero-order valence-electron chi connectivity index (χ0n) is 17.3. The summed E-state index contributed by atoms with van der Waals surface area (Å²) in [5, 5.41) is 0. The smallest absolute Gasteiger partial charge is 0.282 e. The maximum Gasteiger partial charge on any atom is 0.282 e. The third kappa shape index (κ3) is 3.58. The fraction of sp³-hybridized carbons (Fsp3) is 0.333. The molecule has 5 nitrogen and oxygen atoms in total. The molecule has 1 saturated heterocycles. The van der Waals surface area contributed by atoms with Crippen molar-refractivity contribution in [2.75, 3.05) is 37.6 Å². The van der Waals surface area contributed by atoms with Crippen molar-refractivity contribution in [1.29, 1.82) is 0 Å². The Morgan fingerprint density at radius 3 is 1.86 bits per heavy atom. The zero-order chi connectivity index (χ0) is 20.5. The highest BCUT2D eigenvalue weighted by Crippen LogP contribution is 2.35. The van der Waals surface area contributed by atoms with Crippen molar-refractivity contribution in [1.82, 2.24) is 9.80 Å². The van der Waals surface area contributed by atoms with E-state index in [9.17, 15) is 9.59 Å². The van der Waals surface area contributed by atoms with Crippen molar-refractivity contribution in [3.8, 4) is 0 Å². The molecule has 0 N–H and O–H groups in total. The maximum absolute atomic E-state index is 13.5. The molecule has 1 fully saturated rings. The highest BCUT2D eigenvalue weighted by Gasteiger charge is 2.42. The number of nitrogens with zero attached hydrogens (tertiary/aromatic N) is 3. The van der Waals surface area contributed by atoms with Gasteiger partial charge in [0.1, 0.15) is 5.70 Å². The molecular weight excluding hydrogens is 362 g/mol. The molecule has 2 aliphatic heterocycles. The number of rotatable bonds is 4. The van der Waals surface area contributed by atoms with Crippen LogP contribution in [0.25, 0.3) is 5.57 Å². The molecule has 0 spiro atoms. The number of carbonyl (C=O) groups excluding carboxylic acids is 2. The maximum atomic E-state index is 13.5. The van der Waals surface area contributed by atoms with Crippen LogP contribution < -0.4 is 4.90 Å². The molecule has 4 rings (SSSR count). The lowest BCUT2D eigenvalue weighted by Crippen LogP contribution is -2.47. The lowest BCUT2D eigenvalue weighted by Gasteiger charge is -2.36. The molecular formula is C24H27N3O2. The van der Waals surface area contributed by atoms with Gasteiger partial charge in [0.15, 0.2) is 0 Å². The second kappa shape index (κ2) is 7.84. The van der Waals surface area contributed by atoms with E-state index in [1.54, 1.807) is 0 Å². The van der Waals surface area contributed by atoms with Crippen LogP contribution in [0.15, 0.2) is 54.2 Å². The Morgan fingerprint density at radius 1 is 0.759 bits per heavy atom. The summed E-state index contributed by atoms with van der Waals surface area (Å²) in [6.45, 7) is 10.4. The van der Waals surface area contributed by atoms with Gasteiger partial charge >= 0.3 is 0 Å². The highest BCUT2D eigenvalue weighted by molar-refractivity contribution is 6.45. The number of likely N-dealkylation sites (N-methyl/N-ethyl adjacent to an activating group) is 1. The van der Waals surface area contributed by atoms with Gasteiger partial charge in [-0.05, 0) is 38.1 Å². The van der Waals surface area contributed by atoms with Gasteiger partial charge in [0.25, 0.3) is 11.8 Å². The number of aryl methyl sites for hydroxylation is 2. The van der Waals surface area contributed by atoms with Crippen LogP contribution >= 0.6 is 0 Å². The molecule has 5 heteroatoms. The molecule has 2 aliphatic rings. The SMILES string of the molecule is CCN1CCN(C2=C(c3ccc(C)cc3)C(=O)N(c3ccc(C)cc3)C2=O)CC1. The summed E-state index contributed by atoms with van der Waals surface area (Å²) in [5.41, 5.74) is 4.69. The van der Waals surface area contributed by atoms with Gasteiger partial charge < -0.3 is 9.80 Å². The van der Waals surface area contributed by atoms with Crippen molar-refractivity contribution < 1.29 is 9.59 Å². The van der Waals surface area contributed by atoms with Gasteiger partial charge in [-0.1, -0.05) is 54.4 Å². The summed E-state index contributed by atoms with van der Waals surface area (Å²) in [5.74, 6) is -0.463. The predicted molar refractivity (Wildman–Crippen MR) is 115 cm³/mol. The first-order valence-corrected chi connectivity index (χ1v) is 10.2. The number of carbonyl (C=O) groups is 2. The summed E-state index contributed by atoms with van der Waals surface area (Å²) >= 11 is 0. The Morgan fingerprint density at radius 2 is 1.31 bits per heavy atom. The molecule has 29 heavy (non-hydrogen) atoms. The predicted octanol–water partition coefficient (Wildman–Crippen LogP) is 3.23. The average Bonchev–Trinajstić information content (AvgIpc) is 3.00. The lowest BCUT2D eigenvalue weighted by molar-refractivity contribution is -0.120. The van der Waals surface area contributed by atoms with Crippen LogP contribution in [-0.2, 0) is 9.59 Å². The Bertz CT molecular complexity index is 953. The normalized spacial score (nSPS) is 18.2. The summed E-state index contributed by atoms with van der Waals surface area (Å²) in [6.07, 6.45) is 0. The van der Waals surface area contributed by atoms with Crippen molar-refractivity contribution >= 4 is 23.1 Å². The van der Waals surface area contributed by atoms with E-state index in [0.717, 1.165) is 49.4 Å². The van der Waals surface area contributed by atoms with Crippen molar-refractivity contribution in [3.63, 3.8) is 0 Å². The topological polar surface area (TPSA) is 43.9 Å². The number of hydrogen-bond donors (Lipinski definition) is 0. The number of anilines is 1. The molecule has 0 atom stereocenters. The van der Waals surface area contributed by atoms with Crippen molar-refractivity contribution in [2.45, 2.75) is 20.8 Å². The highest BCUT2D eigenvalue weighted by atomic mass is 16.2. The van der Waals surface area contributed by atoms with E-state index in [0.29, 0.717) is 17.0 Å². The Kier molecular flexibility index (Phi) is 5.24. The van der Waals surface area contributed by atoms with E-state index >= 15 is 0 Å². The lowest BCUT2D eigenvalue weighted by atomic mass is 10.0. The number of benzene rings is 2. The van der Waals surface area contributed by atoms with Crippen LogP contribution in [0.5, 0.6) is 0 Å². The molecule has 2 amide bonds. The Balaban J connectivity index is 1.76. The summed E-state index contributed by atoms with van der Waals surface area (Å²) in [7, 11) is 0. The first-order chi connectivity index (χ1) is 14.0. The molecule has 2 heterocycles. The van der Waals surface area contributed by atoms with Crippen LogP contribution in [0, 0.1) is 13.8 Å². The Labute approximate surface area is 172 Å². The van der Waals surface area contributed by atoms with Gasteiger partial charge in [-0.3, -0.25) is 9.59 Å². The van der Waals surface area contributed by atoms with Gasteiger partial charge in [0.05, 0.1) is 11.3 Å². The molecule has 0 saturated carbocycles. The summed E-state index contributed by atoms with van der Waals surface area (Å²) in [4.78, 5) is 32.7. The average molecular weight is 389 g/mol.